The van der Waals surface area contributed by atoms with Gasteiger partial charge in [0, 0.05) is 11.5 Å². The summed E-state index contributed by atoms with van der Waals surface area (Å²) in [6, 6.07) is 4.41. The molecule has 2 aromatic rings. The average molecular weight is 269 g/mol. The van der Waals surface area contributed by atoms with Crippen molar-refractivity contribution < 1.29 is 18.7 Å². The maximum atomic E-state index is 11.6. The van der Waals surface area contributed by atoms with Crippen LogP contribution in [-0.2, 0) is 4.74 Å². The molecule has 0 bridgehead atoms. The number of rotatable bonds is 2. The van der Waals surface area contributed by atoms with Gasteiger partial charge in [0.2, 0.25) is 0 Å². The highest BCUT2D eigenvalue weighted by molar-refractivity contribution is 6.32. The molecule has 0 atom stereocenters. The number of ether oxygens (including phenoxy) is 2. The first kappa shape index (κ1) is 12.4. The van der Waals surface area contributed by atoms with Crippen molar-refractivity contribution in [3.63, 3.8) is 0 Å². The predicted octanol–water partition coefficient (Wildman–Crippen LogP) is 2.24. The second kappa shape index (κ2) is 4.70. The van der Waals surface area contributed by atoms with Crippen LogP contribution in [0.1, 0.15) is 10.4 Å². The lowest BCUT2D eigenvalue weighted by molar-refractivity contribution is 0.0596. The molecule has 1 aromatic heterocycles. The second-order valence-corrected chi connectivity index (χ2v) is 3.87. The quantitative estimate of drug-likeness (QED) is 0.617. The van der Waals surface area contributed by atoms with E-state index in [1.54, 1.807) is 6.07 Å². The molecule has 0 N–H and O–H groups in total. The topological polar surface area (TPSA) is 65.7 Å². The molecule has 0 fully saturated rings. The highest BCUT2D eigenvalue weighted by Crippen LogP contribution is 2.29. The van der Waals surface area contributed by atoms with Crippen molar-refractivity contribution in [3.8, 4) is 5.75 Å². The van der Waals surface area contributed by atoms with E-state index in [1.807, 2.05) is 0 Å². The molecule has 2 rings (SSSR count). The van der Waals surface area contributed by atoms with Gasteiger partial charge in [-0.15, -0.1) is 0 Å². The van der Waals surface area contributed by atoms with Gasteiger partial charge in [-0.1, -0.05) is 11.6 Å². The number of carbonyl (C=O) groups excluding carboxylic acids is 1. The molecule has 0 unspecified atom stereocenters. The van der Waals surface area contributed by atoms with Gasteiger partial charge in [0.05, 0.1) is 19.2 Å². The van der Waals surface area contributed by atoms with Gasteiger partial charge in [-0.2, -0.15) is 0 Å². The van der Waals surface area contributed by atoms with Crippen molar-refractivity contribution in [1.82, 2.24) is 0 Å². The second-order valence-electron chi connectivity index (χ2n) is 3.46. The van der Waals surface area contributed by atoms with Crippen LogP contribution in [0.15, 0.2) is 27.4 Å². The first-order valence-corrected chi connectivity index (χ1v) is 5.34. The molecule has 0 radical (unpaired) electrons. The molecule has 0 aliphatic heterocycles. The molecular formula is C12H9ClO5. The van der Waals surface area contributed by atoms with Gasteiger partial charge < -0.3 is 13.9 Å². The van der Waals surface area contributed by atoms with Crippen molar-refractivity contribution in [3.05, 3.63) is 39.2 Å². The largest absolute Gasteiger partial charge is 0.495 e. The summed E-state index contributed by atoms with van der Waals surface area (Å²) < 4.78 is 14.5. The molecular weight excluding hydrogens is 260 g/mol. The molecule has 1 aromatic carbocycles. The Balaban J connectivity index is 2.73. The van der Waals surface area contributed by atoms with Crippen molar-refractivity contribution >= 4 is 28.5 Å². The van der Waals surface area contributed by atoms with E-state index >= 15 is 0 Å². The smallest absolute Gasteiger partial charge is 0.351 e. The first-order valence-electron chi connectivity index (χ1n) is 4.96. The average Bonchev–Trinajstić information content (AvgIpc) is 2.36. The summed E-state index contributed by atoms with van der Waals surface area (Å²) in [4.78, 5) is 22.9. The number of esters is 1. The van der Waals surface area contributed by atoms with Gasteiger partial charge in [-0.3, -0.25) is 0 Å². The molecule has 6 heteroatoms. The van der Waals surface area contributed by atoms with Crippen LogP contribution in [0.25, 0.3) is 11.0 Å². The normalized spacial score (nSPS) is 10.4. The van der Waals surface area contributed by atoms with E-state index < -0.39 is 11.6 Å². The third-order valence-corrected chi connectivity index (χ3v) is 2.71. The maximum absolute atomic E-state index is 11.6. The lowest BCUT2D eigenvalue weighted by Gasteiger charge is -2.05. The number of benzene rings is 1. The van der Waals surface area contributed by atoms with Gasteiger partial charge in [0.25, 0.3) is 0 Å². The number of fused-ring (bicyclic) bond motifs is 1. The van der Waals surface area contributed by atoms with Crippen LogP contribution in [0.3, 0.4) is 0 Å². The van der Waals surface area contributed by atoms with E-state index in [-0.39, 0.29) is 11.1 Å². The summed E-state index contributed by atoms with van der Waals surface area (Å²) in [6.07, 6.45) is 0. The van der Waals surface area contributed by atoms with Gasteiger partial charge in [-0.05, 0) is 12.1 Å². The maximum Gasteiger partial charge on any atom is 0.351 e. The van der Waals surface area contributed by atoms with Gasteiger partial charge in [-0.25, -0.2) is 9.59 Å². The van der Waals surface area contributed by atoms with Crippen LogP contribution in [0.5, 0.6) is 5.75 Å². The van der Waals surface area contributed by atoms with E-state index in [0.717, 1.165) is 0 Å². The minimum Gasteiger partial charge on any atom is -0.495 e. The molecule has 0 amide bonds. The molecule has 94 valence electrons. The number of methoxy groups -OCH3 is 2. The SMILES string of the molecule is COC(=O)c1cc2cc(OC)c(Cl)cc2oc1=O. The van der Waals surface area contributed by atoms with E-state index in [4.69, 9.17) is 20.8 Å². The zero-order valence-electron chi connectivity index (χ0n) is 9.65. The minimum absolute atomic E-state index is 0.172. The monoisotopic (exact) mass is 268 g/mol. The van der Waals surface area contributed by atoms with Crippen molar-refractivity contribution in [2.75, 3.05) is 14.2 Å². The fourth-order valence-electron chi connectivity index (χ4n) is 1.53. The van der Waals surface area contributed by atoms with Crippen LogP contribution in [0.2, 0.25) is 5.02 Å². The lowest BCUT2D eigenvalue weighted by atomic mass is 10.2. The lowest BCUT2D eigenvalue weighted by Crippen LogP contribution is -2.14. The van der Waals surface area contributed by atoms with Gasteiger partial charge >= 0.3 is 11.6 Å². The summed E-state index contributed by atoms with van der Waals surface area (Å²) in [6.45, 7) is 0. The first-order chi connectivity index (χ1) is 8.56. The number of hydrogen-bond acceptors (Lipinski definition) is 5. The molecule has 1 heterocycles. The van der Waals surface area contributed by atoms with Crippen molar-refractivity contribution in [1.29, 1.82) is 0 Å². The zero-order chi connectivity index (χ0) is 13.3. The number of halogens is 1. The summed E-state index contributed by atoms with van der Waals surface area (Å²) in [5.74, 6) is -0.326. The van der Waals surface area contributed by atoms with Crippen LogP contribution in [-0.4, -0.2) is 20.2 Å². The van der Waals surface area contributed by atoms with E-state index in [1.165, 1.54) is 26.4 Å². The number of carbonyl (C=O) groups is 1. The zero-order valence-corrected chi connectivity index (χ0v) is 10.4. The highest BCUT2D eigenvalue weighted by atomic mass is 35.5. The standard InChI is InChI=1S/C12H9ClO5/c1-16-10-4-6-3-7(11(14)17-2)12(15)18-9(6)5-8(10)13/h3-5H,1-2H3. The summed E-state index contributed by atoms with van der Waals surface area (Å²) in [5, 5.41) is 0.843. The predicted molar refractivity (Wildman–Crippen MR) is 65.4 cm³/mol. The Hall–Kier alpha value is -2.01. The molecule has 0 saturated heterocycles. The Labute approximate surface area is 107 Å². The van der Waals surface area contributed by atoms with Gasteiger partial charge in [0.1, 0.15) is 16.9 Å². The molecule has 18 heavy (non-hydrogen) atoms. The Morgan fingerprint density at radius 2 is 2.00 bits per heavy atom. The van der Waals surface area contributed by atoms with E-state index in [9.17, 15) is 9.59 Å². The van der Waals surface area contributed by atoms with Crippen LogP contribution in [0.4, 0.5) is 0 Å². The Kier molecular flexibility index (Phi) is 3.25. The van der Waals surface area contributed by atoms with Crippen LogP contribution >= 0.6 is 11.6 Å². The summed E-state index contributed by atoms with van der Waals surface area (Å²) in [5.41, 5.74) is -0.664. The minimum atomic E-state index is -0.768. The highest BCUT2D eigenvalue weighted by Gasteiger charge is 2.15. The molecule has 0 saturated carbocycles. The Morgan fingerprint density at radius 1 is 1.28 bits per heavy atom. The molecule has 0 aliphatic rings. The fraction of sp³-hybridized carbons (Fsp3) is 0.167. The molecule has 0 aliphatic carbocycles. The van der Waals surface area contributed by atoms with Crippen LogP contribution in [0, 0.1) is 0 Å². The van der Waals surface area contributed by atoms with Crippen LogP contribution < -0.4 is 10.4 Å². The summed E-state index contributed by atoms with van der Waals surface area (Å²) in [7, 11) is 2.65. The van der Waals surface area contributed by atoms with E-state index in [0.29, 0.717) is 16.2 Å². The van der Waals surface area contributed by atoms with Crippen molar-refractivity contribution in [2.45, 2.75) is 0 Å². The fourth-order valence-corrected chi connectivity index (χ4v) is 1.76. The van der Waals surface area contributed by atoms with Gasteiger partial charge in [0.15, 0.2) is 0 Å². The third-order valence-electron chi connectivity index (χ3n) is 2.41. The molecule has 5 nitrogen and oxygen atoms in total. The summed E-state index contributed by atoms with van der Waals surface area (Å²) >= 11 is 5.91. The van der Waals surface area contributed by atoms with Crippen molar-refractivity contribution in [2.24, 2.45) is 0 Å². The third kappa shape index (κ3) is 2.04. The molecule has 0 spiro atoms. The van der Waals surface area contributed by atoms with E-state index in [2.05, 4.69) is 4.74 Å². The Bertz CT molecular complexity index is 674. The number of hydrogen-bond donors (Lipinski definition) is 0. The Morgan fingerprint density at radius 3 is 2.61 bits per heavy atom.